The van der Waals surface area contributed by atoms with Gasteiger partial charge in [-0.25, -0.2) is 0 Å². The molecular weight excluding hydrogens is 624 g/mol. The summed E-state index contributed by atoms with van der Waals surface area (Å²) in [4.78, 5) is 23.4. The van der Waals surface area contributed by atoms with Gasteiger partial charge in [0.05, 0.1) is 31.8 Å². The summed E-state index contributed by atoms with van der Waals surface area (Å²) in [6, 6.07) is 0. The van der Waals surface area contributed by atoms with Crippen molar-refractivity contribution in [2.24, 2.45) is 11.8 Å². The van der Waals surface area contributed by atoms with Gasteiger partial charge < -0.3 is 35.0 Å². The first-order valence-electron chi connectivity index (χ1n) is 20.0. The molecule has 49 heavy (non-hydrogen) atoms. The zero-order valence-electron chi connectivity index (χ0n) is 32.8. The van der Waals surface area contributed by atoms with E-state index in [4.69, 9.17) is 29.9 Å². The molecule has 0 saturated heterocycles. The van der Waals surface area contributed by atoms with E-state index in [1.807, 2.05) is 27.7 Å². The average molecular weight is 707 g/mol. The zero-order chi connectivity index (χ0) is 37.5. The summed E-state index contributed by atoms with van der Waals surface area (Å²) in [6.45, 7) is 11.2. The minimum Gasteiger partial charge on any atom is -0.463 e. The first-order valence-corrected chi connectivity index (χ1v) is 20.0. The van der Waals surface area contributed by atoms with Gasteiger partial charge in [-0.05, 0) is 32.6 Å². The van der Waals surface area contributed by atoms with E-state index in [-0.39, 0.29) is 56.3 Å². The number of carbonyl (C=O) groups excluding carboxylic acids is 2. The molecule has 0 bridgehead atoms. The van der Waals surface area contributed by atoms with Crippen molar-refractivity contribution in [2.45, 2.75) is 208 Å². The Balaban J connectivity index is -0.000000753. The van der Waals surface area contributed by atoms with Crippen molar-refractivity contribution in [3.05, 3.63) is 0 Å². The first-order chi connectivity index (χ1) is 23.5. The minimum absolute atomic E-state index is 0.0280. The molecule has 2 atom stereocenters. The minimum atomic E-state index is -0.973. The van der Waals surface area contributed by atoms with Crippen LogP contribution in [0.5, 0.6) is 0 Å². The average Bonchev–Trinajstić information content (AvgIpc) is 3.08. The van der Waals surface area contributed by atoms with Gasteiger partial charge in [-0.2, -0.15) is 0 Å². The lowest BCUT2D eigenvalue weighted by atomic mass is 9.90. The smallest absolute Gasteiger partial charge is 0.309 e. The first kappa shape index (κ1) is 52.1. The molecule has 0 aromatic heterocycles. The number of hydrogen-bond donors (Lipinski definition) is 5. The van der Waals surface area contributed by atoms with Crippen molar-refractivity contribution < 1.29 is 44.6 Å². The van der Waals surface area contributed by atoms with Crippen LogP contribution in [0, 0.1) is 11.8 Å². The standard InChI is InChI=1S/C20H40O4.C17H34O2.C3H8O3/c1-4-5-6-7-8-9-10-11-12-13-14-19(17(2)3)20(23)24-16-18(22)15-21;1-4-5-6-7-8-9-10-11-12-13-14-15-17(18)19-16(2)3;4-1-3(6)2-5/h17-19,21-22H,4-16H2,1-3H3;16H,4-15H2,1-3H3;3-6H,1-2H2. The van der Waals surface area contributed by atoms with Crippen LogP contribution in [0.3, 0.4) is 0 Å². The third kappa shape index (κ3) is 42.8. The molecule has 2 unspecified atom stereocenters. The number of aliphatic hydroxyl groups excluding tert-OH is 5. The highest BCUT2D eigenvalue weighted by Crippen LogP contribution is 2.21. The van der Waals surface area contributed by atoms with Crippen molar-refractivity contribution in [3.8, 4) is 0 Å². The second-order valence-electron chi connectivity index (χ2n) is 14.1. The summed E-state index contributed by atoms with van der Waals surface area (Å²) >= 11 is 0. The van der Waals surface area contributed by atoms with Crippen molar-refractivity contribution in [1.82, 2.24) is 0 Å². The predicted octanol–water partition coefficient (Wildman–Crippen LogP) is 8.44. The van der Waals surface area contributed by atoms with Crippen LogP contribution in [0.15, 0.2) is 0 Å². The lowest BCUT2D eigenvalue weighted by Gasteiger charge is -2.20. The van der Waals surface area contributed by atoms with Crippen LogP contribution < -0.4 is 0 Å². The van der Waals surface area contributed by atoms with Crippen LogP contribution in [-0.4, -0.2) is 82.2 Å². The molecule has 0 fully saturated rings. The van der Waals surface area contributed by atoms with Gasteiger partial charge in [-0.15, -0.1) is 0 Å². The van der Waals surface area contributed by atoms with E-state index < -0.39 is 12.2 Å². The summed E-state index contributed by atoms with van der Waals surface area (Å²) in [5.41, 5.74) is 0. The molecule has 296 valence electrons. The third-order valence-corrected chi connectivity index (χ3v) is 8.38. The number of hydrogen-bond acceptors (Lipinski definition) is 9. The Hall–Kier alpha value is -1.26. The van der Waals surface area contributed by atoms with Crippen LogP contribution >= 0.6 is 0 Å². The summed E-state index contributed by atoms with van der Waals surface area (Å²) in [5, 5.41) is 42.0. The number of aliphatic hydroxyl groups is 5. The van der Waals surface area contributed by atoms with Gasteiger partial charge in [0.1, 0.15) is 18.8 Å². The van der Waals surface area contributed by atoms with Crippen molar-refractivity contribution in [2.75, 3.05) is 26.4 Å². The number of ether oxygens (including phenoxy) is 2. The Kier molecular flexibility index (Phi) is 43.8. The van der Waals surface area contributed by atoms with Crippen molar-refractivity contribution in [3.63, 3.8) is 0 Å². The van der Waals surface area contributed by atoms with Crippen LogP contribution in [0.25, 0.3) is 0 Å². The Morgan fingerprint density at radius 2 is 0.898 bits per heavy atom. The molecule has 5 N–H and O–H groups in total. The van der Waals surface area contributed by atoms with E-state index in [1.165, 1.54) is 122 Å². The predicted molar refractivity (Wildman–Crippen MR) is 201 cm³/mol. The molecular formula is C40H82O9. The Labute approximate surface area is 302 Å². The summed E-state index contributed by atoms with van der Waals surface area (Å²) in [7, 11) is 0. The molecule has 0 heterocycles. The third-order valence-electron chi connectivity index (χ3n) is 8.38. The summed E-state index contributed by atoms with van der Waals surface area (Å²) < 4.78 is 10.2. The maximum Gasteiger partial charge on any atom is 0.309 e. The molecule has 0 saturated carbocycles. The normalized spacial score (nSPS) is 12.3. The molecule has 9 nitrogen and oxygen atoms in total. The maximum atomic E-state index is 12.1. The second kappa shape index (κ2) is 41.2. The summed E-state index contributed by atoms with van der Waals surface area (Å²) in [5.74, 6) is -0.147. The Morgan fingerprint density at radius 3 is 1.22 bits per heavy atom. The molecule has 0 aliphatic rings. The summed E-state index contributed by atoms with van der Waals surface area (Å²) in [6.07, 6.45) is 26.9. The molecule has 0 radical (unpaired) electrons. The van der Waals surface area contributed by atoms with Gasteiger partial charge >= 0.3 is 11.9 Å². The molecule has 0 aliphatic heterocycles. The molecule has 0 aromatic carbocycles. The van der Waals surface area contributed by atoms with Crippen molar-refractivity contribution >= 4 is 11.9 Å². The largest absolute Gasteiger partial charge is 0.463 e. The highest BCUT2D eigenvalue weighted by atomic mass is 16.5. The highest BCUT2D eigenvalue weighted by molar-refractivity contribution is 5.72. The van der Waals surface area contributed by atoms with Gasteiger partial charge in [0.15, 0.2) is 0 Å². The lowest BCUT2D eigenvalue weighted by molar-refractivity contribution is -0.154. The van der Waals surface area contributed by atoms with E-state index in [9.17, 15) is 14.7 Å². The van der Waals surface area contributed by atoms with Gasteiger partial charge in [0.2, 0.25) is 0 Å². The fraction of sp³-hybridized carbons (Fsp3) is 0.950. The lowest BCUT2D eigenvalue weighted by Crippen LogP contribution is -2.28. The van der Waals surface area contributed by atoms with Crippen molar-refractivity contribution in [1.29, 1.82) is 0 Å². The number of unbranched alkanes of at least 4 members (excludes halogenated alkanes) is 19. The van der Waals surface area contributed by atoms with Crippen LogP contribution in [-0.2, 0) is 19.1 Å². The van der Waals surface area contributed by atoms with E-state index in [0.717, 1.165) is 19.3 Å². The quantitative estimate of drug-likeness (QED) is 0.0353. The number of rotatable bonds is 31. The monoisotopic (exact) mass is 707 g/mol. The van der Waals surface area contributed by atoms with E-state index >= 15 is 0 Å². The Bertz CT molecular complexity index is 668. The topological polar surface area (TPSA) is 154 Å². The number of esters is 2. The van der Waals surface area contributed by atoms with Gasteiger partial charge in [-0.1, -0.05) is 156 Å². The molecule has 0 spiro atoms. The fourth-order valence-corrected chi connectivity index (χ4v) is 5.23. The molecule has 0 aromatic rings. The molecule has 0 rings (SSSR count). The fourth-order valence-electron chi connectivity index (χ4n) is 5.23. The van der Waals surface area contributed by atoms with Gasteiger partial charge in [0, 0.05) is 6.42 Å². The van der Waals surface area contributed by atoms with Crippen LogP contribution in [0.1, 0.15) is 189 Å². The van der Waals surface area contributed by atoms with Gasteiger partial charge in [0.25, 0.3) is 0 Å². The van der Waals surface area contributed by atoms with Crippen LogP contribution in [0.2, 0.25) is 0 Å². The molecule has 9 heteroatoms. The highest BCUT2D eigenvalue weighted by Gasteiger charge is 2.23. The Morgan fingerprint density at radius 1 is 0.531 bits per heavy atom. The van der Waals surface area contributed by atoms with Gasteiger partial charge in [-0.3, -0.25) is 9.59 Å². The number of carbonyl (C=O) groups is 2. The van der Waals surface area contributed by atoms with E-state index in [1.54, 1.807) is 0 Å². The molecule has 0 amide bonds. The van der Waals surface area contributed by atoms with E-state index in [2.05, 4.69) is 13.8 Å². The van der Waals surface area contributed by atoms with E-state index in [0.29, 0.717) is 6.42 Å². The second-order valence-corrected chi connectivity index (χ2v) is 14.1. The van der Waals surface area contributed by atoms with Crippen LogP contribution in [0.4, 0.5) is 0 Å². The zero-order valence-corrected chi connectivity index (χ0v) is 32.8. The molecule has 0 aliphatic carbocycles. The SMILES string of the molecule is CCCCCCCCCCCCC(C(=O)OCC(O)CO)C(C)C.CCCCCCCCCCCCCC(=O)OC(C)C.OCC(O)CO. The maximum absolute atomic E-state index is 12.1.